The van der Waals surface area contributed by atoms with Crippen molar-refractivity contribution >= 4 is 6.03 Å². The monoisotopic (exact) mass is 616 g/mol. The highest BCUT2D eigenvalue weighted by molar-refractivity contribution is 5.72. The smallest absolute Gasteiger partial charge is 0.453 e. The highest BCUT2D eigenvalue weighted by Gasteiger charge is 2.56. The van der Waals surface area contributed by atoms with Crippen molar-refractivity contribution in [3.8, 4) is 17.2 Å². The van der Waals surface area contributed by atoms with Gasteiger partial charge in [0.05, 0.1) is 6.61 Å². The summed E-state index contributed by atoms with van der Waals surface area (Å²) in [4.78, 5) is 12.8. The molecule has 0 spiro atoms. The third kappa shape index (κ3) is 9.11. The Labute approximate surface area is 248 Å². The van der Waals surface area contributed by atoms with Gasteiger partial charge >= 0.3 is 18.1 Å². The molecular formula is C31H41F5N2O5. The number of ether oxygens (including phenoxy) is 1. The topological polar surface area (TPSA) is 102 Å². The lowest BCUT2D eigenvalue weighted by Gasteiger charge is -2.43. The van der Waals surface area contributed by atoms with Crippen molar-refractivity contribution in [3.63, 3.8) is 0 Å². The summed E-state index contributed by atoms with van der Waals surface area (Å²) in [5, 5.41) is 28.6. The van der Waals surface area contributed by atoms with Gasteiger partial charge in [0.15, 0.2) is 0 Å². The number of hydroxylamine groups is 1. The van der Waals surface area contributed by atoms with E-state index < -0.39 is 31.0 Å². The van der Waals surface area contributed by atoms with Gasteiger partial charge < -0.3 is 19.8 Å². The van der Waals surface area contributed by atoms with Gasteiger partial charge in [-0.3, -0.25) is 5.21 Å². The van der Waals surface area contributed by atoms with E-state index in [1.165, 1.54) is 5.48 Å². The number of nitrogens with one attached hydrogen (secondary N) is 1. The van der Waals surface area contributed by atoms with Crippen LogP contribution < -0.4 is 10.2 Å². The summed E-state index contributed by atoms with van der Waals surface area (Å²) >= 11 is 0. The van der Waals surface area contributed by atoms with Crippen LogP contribution in [0.4, 0.5) is 26.7 Å². The Balaban J connectivity index is 1.43. The van der Waals surface area contributed by atoms with E-state index in [4.69, 9.17) is 9.94 Å². The summed E-state index contributed by atoms with van der Waals surface area (Å²) in [7, 11) is 0. The Kier molecular flexibility index (Phi) is 11.9. The Bertz CT molecular complexity index is 1180. The van der Waals surface area contributed by atoms with Crippen molar-refractivity contribution in [2.75, 3.05) is 19.7 Å². The van der Waals surface area contributed by atoms with Crippen molar-refractivity contribution in [1.29, 1.82) is 0 Å². The molecule has 12 heteroatoms. The molecule has 2 aromatic rings. The number of alkyl halides is 5. The van der Waals surface area contributed by atoms with Crippen LogP contribution in [-0.4, -0.2) is 58.1 Å². The lowest BCUT2D eigenvalue weighted by molar-refractivity contribution is -0.284. The minimum absolute atomic E-state index is 0.137. The van der Waals surface area contributed by atoms with E-state index in [-0.39, 0.29) is 35.9 Å². The summed E-state index contributed by atoms with van der Waals surface area (Å²) in [6.07, 6.45) is -0.706. The van der Waals surface area contributed by atoms with Crippen molar-refractivity contribution in [2.45, 2.75) is 94.6 Å². The average molecular weight is 617 g/mol. The van der Waals surface area contributed by atoms with Gasteiger partial charge in [0, 0.05) is 36.9 Å². The summed E-state index contributed by atoms with van der Waals surface area (Å²) in [6.45, 7) is 2.41. The fourth-order valence-electron chi connectivity index (χ4n) is 5.76. The number of amides is 2. The molecule has 3 rings (SSSR count). The fourth-order valence-corrected chi connectivity index (χ4v) is 5.76. The summed E-state index contributed by atoms with van der Waals surface area (Å²) in [5.74, 6) is -3.66. The molecule has 0 aromatic heterocycles. The van der Waals surface area contributed by atoms with E-state index in [1.54, 1.807) is 24.3 Å². The van der Waals surface area contributed by atoms with Gasteiger partial charge in [-0.15, -0.1) is 0 Å². The van der Waals surface area contributed by atoms with E-state index in [1.807, 2.05) is 18.2 Å². The minimum atomic E-state index is -5.64. The minimum Gasteiger partial charge on any atom is -0.508 e. The summed E-state index contributed by atoms with van der Waals surface area (Å²) in [6, 6.07) is 11.5. The van der Waals surface area contributed by atoms with Crippen LogP contribution in [0.5, 0.6) is 17.2 Å². The van der Waals surface area contributed by atoms with Gasteiger partial charge in [0.25, 0.3) is 0 Å². The Morgan fingerprint density at radius 1 is 0.907 bits per heavy atom. The SMILES string of the molecule is CC1(c2ccc(O)cc2)COc2cc(O)ccc2C1CCCCCCCCCN(CCCC(F)(F)C(F)(F)F)C(=O)NO. The highest BCUT2D eigenvalue weighted by atomic mass is 19.4. The molecular weight excluding hydrogens is 575 g/mol. The van der Waals surface area contributed by atoms with Gasteiger partial charge in [0.2, 0.25) is 0 Å². The van der Waals surface area contributed by atoms with E-state index >= 15 is 0 Å². The number of fused-ring (bicyclic) bond motifs is 1. The molecule has 0 saturated carbocycles. The second kappa shape index (κ2) is 14.9. The molecule has 4 N–H and O–H groups in total. The molecule has 2 unspecified atom stereocenters. The number of phenolic OH excluding ortho intramolecular Hbond substituents is 2. The number of nitrogens with zero attached hydrogens (tertiary/aromatic N) is 1. The number of benzene rings is 2. The van der Waals surface area contributed by atoms with E-state index in [9.17, 15) is 37.0 Å². The molecule has 1 aliphatic heterocycles. The van der Waals surface area contributed by atoms with Gasteiger partial charge in [-0.25, -0.2) is 10.3 Å². The molecule has 0 radical (unpaired) electrons. The number of hydrogen-bond acceptors (Lipinski definition) is 5. The zero-order valence-electron chi connectivity index (χ0n) is 24.3. The zero-order valence-corrected chi connectivity index (χ0v) is 24.3. The number of urea groups is 1. The van der Waals surface area contributed by atoms with Crippen LogP contribution in [0.25, 0.3) is 0 Å². The zero-order chi connectivity index (χ0) is 31.7. The van der Waals surface area contributed by atoms with Crippen LogP contribution in [0.3, 0.4) is 0 Å². The first-order valence-corrected chi connectivity index (χ1v) is 14.7. The second-order valence-corrected chi connectivity index (χ2v) is 11.5. The largest absolute Gasteiger partial charge is 0.508 e. The van der Waals surface area contributed by atoms with Crippen LogP contribution in [0.2, 0.25) is 0 Å². The third-order valence-electron chi connectivity index (χ3n) is 8.33. The molecule has 240 valence electrons. The molecule has 1 heterocycles. The Morgan fingerprint density at radius 3 is 2.12 bits per heavy atom. The molecule has 0 fully saturated rings. The first-order valence-electron chi connectivity index (χ1n) is 14.7. The molecule has 2 aromatic carbocycles. The first-order chi connectivity index (χ1) is 20.3. The van der Waals surface area contributed by atoms with Crippen LogP contribution in [0.15, 0.2) is 42.5 Å². The van der Waals surface area contributed by atoms with Gasteiger partial charge in [-0.2, -0.15) is 22.0 Å². The third-order valence-corrected chi connectivity index (χ3v) is 8.33. The number of hydrogen-bond donors (Lipinski definition) is 4. The van der Waals surface area contributed by atoms with Crippen LogP contribution in [-0.2, 0) is 5.41 Å². The Hall–Kier alpha value is -3.28. The van der Waals surface area contributed by atoms with Gasteiger partial charge in [0.1, 0.15) is 17.2 Å². The molecule has 2 atom stereocenters. The van der Waals surface area contributed by atoms with Crippen LogP contribution in [0.1, 0.15) is 88.2 Å². The molecule has 0 bridgehead atoms. The highest BCUT2D eigenvalue weighted by Crippen LogP contribution is 2.49. The van der Waals surface area contributed by atoms with Crippen molar-refractivity contribution in [2.24, 2.45) is 0 Å². The molecule has 7 nitrogen and oxygen atoms in total. The van der Waals surface area contributed by atoms with Crippen LogP contribution in [0, 0.1) is 0 Å². The number of carbonyl (C=O) groups is 1. The van der Waals surface area contributed by atoms with Crippen molar-refractivity contribution < 1.29 is 46.9 Å². The summed E-state index contributed by atoms with van der Waals surface area (Å²) in [5.41, 5.74) is 3.19. The van der Waals surface area contributed by atoms with Gasteiger partial charge in [-0.05, 0) is 48.6 Å². The molecule has 2 amide bonds. The predicted molar refractivity (Wildman–Crippen MR) is 151 cm³/mol. The van der Waals surface area contributed by atoms with Crippen molar-refractivity contribution in [3.05, 3.63) is 53.6 Å². The normalized spacial score (nSPS) is 18.5. The second-order valence-electron chi connectivity index (χ2n) is 11.5. The summed E-state index contributed by atoms with van der Waals surface area (Å²) < 4.78 is 69.4. The predicted octanol–water partition coefficient (Wildman–Crippen LogP) is 8.03. The average Bonchev–Trinajstić information content (AvgIpc) is 2.95. The molecule has 0 saturated heterocycles. The van der Waals surface area contributed by atoms with E-state index in [2.05, 4.69) is 6.92 Å². The van der Waals surface area contributed by atoms with E-state index in [0.717, 1.165) is 61.0 Å². The maximum Gasteiger partial charge on any atom is 0.453 e. The Morgan fingerprint density at radius 2 is 1.49 bits per heavy atom. The standard InChI is InChI=1S/C31H41F5N2O5/c1-29(22-11-13-23(39)14-12-22)21-43-27-20-24(40)15-16-25(27)26(29)10-7-5-3-2-4-6-8-18-38(28(41)37-42)19-9-17-30(32,33)31(34,35)36/h11-16,20,26,39-40,42H,2-10,17-19,21H2,1H3,(H,37,41). The number of aromatic hydroxyl groups is 2. The van der Waals surface area contributed by atoms with Crippen molar-refractivity contribution in [1.82, 2.24) is 10.4 Å². The number of halogens is 5. The van der Waals surface area contributed by atoms with Gasteiger partial charge in [-0.1, -0.05) is 63.6 Å². The number of rotatable bonds is 15. The fraction of sp³-hybridized carbons (Fsp3) is 0.581. The molecule has 0 aliphatic carbocycles. The number of phenols is 2. The number of carbonyl (C=O) groups excluding carboxylic acids is 1. The van der Waals surface area contributed by atoms with Crippen LogP contribution >= 0.6 is 0 Å². The van der Waals surface area contributed by atoms with E-state index in [0.29, 0.717) is 18.8 Å². The maximum absolute atomic E-state index is 13.1. The number of unbranched alkanes of at least 4 members (excludes halogenated alkanes) is 6. The lowest BCUT2D eigenvalue weighted by atomic mass is 9.66. The maximum atomic E-state index is 13.1. The quantitative estimate of drug-likeness (QED) is 0.0702. The lowest BCUT2D eigenvalue weighted by Crippen LogP contribution is -2.41. The molecule has 1 aliphatic rings. The molecule has 43 heavy (non-hydrogen) atoms. The first kappa shape index (κ1) is 34.2.